The molecule has 1 unspecified atom stereocenters. The molecular formula is C19H26N2O4. The Hall–Kier alpha value is -1.92. The van der Waals surface area contributed by atoms with E-state index in [0.29, 0.717) is 25.9 Å². The minimum atomic E-state index is -0.225. The first-order chi connectivity index (χ1) is 12.2. The number of piperidine rings is 2. The molecule has 3 rings (SSSR count). The standard InChI is InChI=1S/C19H26N2O4/c22-12-1-13-25-16-8-10-21(11-9-16)15-4-2-14(3-5-15)17-6-7-18(23)20-19(17)24/h2-5,16-17,22H,1,6-13H2,(H,20,23,24). The number of carbonyl (C=O) groups excluding carboxylic acids is 2. The first kappa shape index (κ1) is 17.9. The zero-order chi connectivity index (χ0) is 17.6. The van der Waals surface area contributed by atoms with Gasteiger partial charge in [0.25, 0.3) is 0 Å². The van der Waals surface area contributed by atoms with Gasteiger partial charge in [-0.25, -0.2) is 0 Å². The summed E-state index contributed by atoms with van der Waals surface area (Å²) in [5.74, 6) is -0.593. The number of nitrogens with zero attached hydrogens (tertiary/aromatic N) is 1. The molecule has 6 nitrogen and oxygen atoms in total. The van der Waals surface area contributed by atoms with Crippen molar-refractivity contribution in [1.29, 1.82) is 0 Å². The Bertz CT molecular complexity index is 594. The highest BCUT2D eigenvalue weighted by molar-refractivity contribution is 6.00. The summed E-state index contributed by atoms with van der Waals surface area (Å²) in [5.41, 5.74) is 2.13. The molecule has 2 amide bonds. The summed E-state index contributed by atoms with van der Waals surface area (Å²) in [6, 6.07) is 8.12. The van der Waals surface area contributed by atoms with E-state index in [4.69, 9.17) is 9.84 Å². The van der Waals surface area contributed by atoms with Crippen LogP contribution in [0.2, 0.25) is 0 Å². The molecule has 25 heavy (non-hydrogen) atoms. The topological polar surface area (TPSA) is 78.9 Å². The van der Waals surface area contributed by atoms with Gasteiger partial charge >= 0.3 is 0 Å². The van der Waals surface area contributed by atoms with Gasteiger partial charge in [-0.05, 0) is 43.4 Å². The number of carbonyl (C=O) groups is 2. The van der Waals surface area contributed by atoms with E-state index in [9.17, 15) is 9.59 Å². The van der Waals surface area contributed by atoms with Crippen molar-refractivity contribution in [2.75, 3.05) is 31.2 Å². The van der Waals surface area contributed by atoms with Gasteiger partial charge in [-0.1, -0.05) is 12.1 Å². The molecule has 0 aliphatic carbocycles. The Morgan fingerprint density at radius 3 is 2.48 bits per heavy atom. The van der Waals surface area contributed by atoms with E-state index >= 15 is 0 Å². The van der Waals surface area contributed by atoms with Crippen molar-refractivity contribution < 1.29 is 19.4 Å². The first-order valence-electron chi connectivity index (χ1n) is 9.08. The van der Waals surface area contributed by atoms with Crippen LogP contribution in [0.1, 0.15) is 43.6 Å². The Labute approximate surface area is 148 Å². The van der Waals surface area contributed by atoms with Crippen molar-refractivity contribution in [3.05, 3.63) is 29.8 Å². The third-order valence-electron chi connectivity index (χ3n) is 5.00. The second-order valence-corrected chi connectivity index (χ2v) is 6.73. The molecule has 6 heteroatoms. The smallest absolute Gasteiger partial charge is 0.234 e. The van der Waals surface area contributed by atoms with Crippen molar-refractivity contribution in [3.63, 3.8) is 0 Å². The number of amides is 2. The van der Waals surface area contributed by atoms with E-state index in [0.717, 1.165) is 37.2 Å². The lowest BCUT2D eigenvalue weighted by Gasteiger charge is -2.33. The van der Waals surface area contributed by atoms with Crippen LogP contribution in [0.3, 0.4) is 0 Å². The van der Waals surface area contributed by atoms with Gasteiger partial charge in [0.2, 0.25) is 11.8 Å². The quantitative estimate of drug-likeness (QED) is 0.604. The molecule has 0 radical (unpaired) electrons. The predicted octanol–water partition coefficient (Wildman–Crippen LogP) is 1.57. The van der Waals surface area contributed by atoms with E-state index in [1.165, 1.54) is 0 Å². The van der Waals surface area contributed by atoms with Gasteiger partial charge < -0.3 is 14.7 Å². The number of nitrogens with one attached hydrogen (secondary N) is 1. The van der Waals surface area contributed by atoms with Gasteiger partial charge in [-0.3, -0.25) is 14.9 Å². The monoisotopic (exact) mass is 346 g/mol. The number of rotatable bonds is 6. The third-order valence-corrected chi connectivity index (χ3v) is 5.00. The Morgan fingerprint density at radius 2 is 1.84 bits per heavy atom. The fourth-order valence-electron chi connectivity index (χ4n) is 3.52. The van der Waals surface area contributed by atoms with E-state index in [1.807, 2.05) is 12.1 Å². The Morgan fingerprint density at radius 1 is 1.12 bits per heavy atom. The normalized spacial score (nSPS) is 22.1. The fourth-order valence-corrected chi connectivity index (χ4v) is 3.52. The maximum Gasteiger partial charge on any atom is 0.234 e. The number of aliphatic hydroxyl groups is 1. The molecule has 0 bridgehead atoms. The average molecular weight is 346 g/mol. The molecule has 136 valence electrons. The lowest BCUT2D eigenvalue weighted by Crippen LogP contribution is -2.39. The highest BCUT2D eigenvalue weighted by atomic mass is 16.5. The number of hydrogen-bond acceptors (Lipinski definition) is 5. The highest BCUT2D eigenvalue weighted by Gasteiger charge is 2.28. The first-order valence-corrected chi connectivity index (χ1v) is 9.08. The summed E-state index contributed by atoms with van der Waals surface area (Å²) in [4.78, 5) is 25.6. The molecule has 2 aliphatic rings. The van der Waals surface area contributed by atoms with Crippen LogP contribution < -0.4 is 10.2 Å². The van der Waals surface area contributed by atoms with Crippen LogP contribution in [0.5, 0.6) is 0 Å². The summed E-state index contributed by atoms with van der Waals surface area (Å²) < 4.78 is 5.77. The van der Waals surface area contributed by atoms with Gasteiger partial charge in [0.1, 0.15) is 0 Å². The molecule has 1 aromatic carbocycles. The molecule has 1 atom stereocenters. The van der Waals surface area contributed by atoms with Crippen molar-refractivity contribution in [1.82, 2.24) is 5.32 Å². The summed E-state index contributed by atoms with van der Waals surface area (Å²) in [7, 11) is 0. The van der Waals surface area contributed by atoms with Crippen molar-refractivity contribution in [3.8, 4) is 0 Å². The number of ether oxygens (including phenoxy) is 1. The predicted molar refractivity (Wildman–Crippen MR) is 94.5 cm³/mol. The van der Waals surface area contributed by atoms with Crippen molar-refractivity contribution in [2.45, 2.75) is 44.1 Å². The van der Waals surface area contributed by atoms with Gasteiger partial charge in [0.05, 0.1) is 12.0 Å². The van der Waals surface area contributed by atoms with Gasteiger partial charge in [-0.15, -0.1) is 0 Å². The van der Waals surface area contributed by atoms with Gasteiger partial charge in [0, 0.05) is 38.4 Å². The van der Waals surface area contributed by atoms with Gasteiger partial charge in [0.15, 0.2) is 0 Å². The van der Waals surface area contributed by atoms with Crippen LogP contribution in [0, 0.1) is 0 Å². The van der Waals surface area contributed by atoms with E-state index in [2.05, 4.69) is 22.3 Å². The second-order valence-electron chi connectivity index (χ2n) is 6.73. The highest BCUT2D eigenvalue weighted by Crippen LogP contribution is 2.28. The average Bonchev–Trinajstić information content (AvgIpc) is 2.63. The molecular weight excluding hydrogens is 320 g/mol. The number of aliphatic hydroxyl groups excluding tert-OH is 1. The van der Waals surface area contributed by atoms with E-state index in [-0.39, 0.29) is 30.4 Å². The Kier molecular flexibility index (Phi) is 6.04. The second kappa shape index (κ2) is 8.45. The zero-order valence-corrected chi connectivity index (χ0v) is 14.4. The van der Waals surface area contributed by atoms with Crippen molar-refractivity contribution in [2.24, 2.45) is 0 Å². The number of anilines is 1. The van der Waals surface area contributed by atoms with Crippen molar-refractivity contribution >= 4 is 17.5 Å². The van der Waals surface area contributed by atoms with E-state index in [1.54, 1.807) is 0 Å². The molecule has 2 fully saturated rings. The van der Waals surface area contributed by atoms with Crippen LogP contribution in [0.15, 0.2) is 24.3 Å². The summed E-state index contributed by atoms with van der Waals surface area (Å²) in [6.07, 6.45) is 3.94. The molecule has 2 N–H and O–H groups in total. The summed E-state index contributed by atoms with van der Waals surface area (Å²) in [6.45, 7) is 2.70. The maximum atomic E-state index is 12.0. The molecule has 0 aromatic heterocycles. The minimum Gasteiger partial charge on any atom is -0.396 e. The molecule has 1 aromatic rings. The third kappa shape index (κ3) is 4.58. The summed E-state index contributed by atoms with van der Waals surface area (Å²) >= 11 is 0. The molecule has 2 saturated heterocycles. The lowest BCUT2D eigenvalue weighted by atomic mass is 9.90. The van der Waals surface area contributed by atoms with Gasteiger partial charge in [-0.2, -0.15) is 0 Å². The fraction of sp³-hybridized carbons (Fsp3) is 0.579. The molecule has 0 saturated carbocycles. The number of benzene rings is 1. The Balaban J connectivity index is 1.53. The minimum absolute atomic E-state index is 0.179. The molecule has 2 aliphatic heterocycles. The van der Waals surface area contributed by atoms with Crippen LogP contribution in [0.4, 0.5) is 5.69 Å². The molecule has 0 spiro atoms. The van der Waals surface area contributed by atoms with Crippen LogP contribution >= 0.6 is 0 Å². The largest absolute Gasteiger partial charge is 0.396 e. The van der Waals surface area contributed by atoms with Crippen LogP contribution in [-0.4, -0.2) is 49.3 Å². The zero-order valence-electron chi connectivity index (χ0n) is 14.4. The SMILES string of the molecule is O=C1CCC(c2ccc(N3CCC(OCCCO)CC3)cc2)C(=O)N1. The van der Waals surface area contributed by atoms with Crippen LogP contribution in [0.25, 0.3) is 0 Å². The number of imide groups is 1. The van der Waals surface area contributed by atoms with E-state index < -0.39 is 0 Å². The van der Waals surface area contributed by atoms with Crippen LogP contribution in [-0.2, 0) is 14.3 Å². The maximum absolute atomic E-state index is 12.0. The molecule has 2 heterocycles. The number of hydrogen-bond donors (Lipinski definition) is 2. The summed E-state index contributed by atoms with van der Waals surface area (Å²) in [5, 5.41) is 11.2. The lowest BCUT2D eigenvalue weighted by molar-refractivity contribution is -0.134.